The van der Waals surface area contributed by atoms with E-state index < -0.39 is 0 Å². The Bertz CT molecular complexity index is 1340. The Morgan fingerprint density at radius 2 is 2.06 bits per heavy atom. The number of nitrogens with zero attached hydrogens (tertiary/aromatic N) is 4. The number of hydrogen-bond acceptors (Lipinski definition) is 4. The quantitative estimate of drug-likeness (QED) is 0.351. The standard InChI is InChI=1S/C27H29ClN4O2/c1-17-6-8-20(24-12-13-29-31(24)3)21(15-17)27(33)32-14-4-5-18(2)23(32)9-11-26-30-22-16-19(28)7-10-25(22)34-26/h6-8,10,12-13,15-16,18,23H,4-5,9,11,14H2,1-3H3/t18-,23-/m1/s1. The van der Waals surface area contributed by atoms with Gasteiger partial charge in [-0.1, -0.05) is 36.2 Å². The van der Waals surface area contributed by atoms with Crippen LogP contribution in [0.3, 0.4) is 0 Å². The summed E-state index contributed by atoms with van der Waals surface area (Å²) in [6.45, 7) is 5.03. The Labute approximate surface area is 204 Å². The van der Waals surface area contributed by atoms with E-state index in [1.807, 2.05) is 55.1 Å². The molecule has 0 aliphatic carbocycles. The zero-order valence-corrected chi connectivity index (χ0v) is 20.5. The summed E-state index contributed by atoms with van der Waals surface area (Å²) in [7, 11) is 1.91. The minimum atomic E-state index is 0.0841. The van der Waals surface area contributed by atoms with Crippen molar-refractivity contribution in [2.24, 2.45) is 13.0 Å². The van der Waals surface area contributed by atoms with Crippen LogP contribution < -0.4 is 0 Å². The van der Waals surface area contributed by atoms with Gasteiger partial charge in [0.1, 0.15) is 5.52 Å². The number of piperidine rings is 1. The lowest BCUT2D eigenvalue weighted by Gasteiger charge is -2.40. The van der Waals surface area contributed by atoms with E-state index in [9.17, 15) is 4.79 Å². The Balaban J connectivity index is 1.42. The zero-order valence-electron chi connectivity index (χ0n) is 19.8. The molecule has 0 radical (unpaired) electrons. The molecule has 2 atom stereocenters. The van der Waals surface area contributed by atoms with Crippen LogP contribution in [0.5, 0.6) is 0 Å². The molecule has 1 aliphatic heterocycles. The van der Waals surface area contributed by atoms with Crippen LogP contribution in [-0.4, -0.2) is 38.2 Å². The van der Waals surface area contributed by atoms with E-state index in [0.29, 0.717) is 23.3 Å². The number of fused-ring (bicyclic) bond motifs is 1. The first-order chi connectivity index (χ1) is 16.4. The summed E-state index contributed by atoms with van der Waals surface area (Å²) in [5, 5.41) is 4.95. The van der Waals surface area contributed by atoms with Crippen LogP contribution in [0.15, 0.2) is 53.1 Å². The molecule has 1 amide bonds. The van der Waals surface area contributed by atoms with E-state index in [1.54, 1.807) is 6.20 Å². The van der Waals surface area contributed by atoms with Crippen molar-refractivity contribution in [1.82, 2.24) is 19.7 Å². The first-order valence-corrected chi connectivity index (χ1v) is 12.2. The van der Waals surface area contributed by atoms with E-state index in [-0.39, 0.29) is 11.9 Å². The van der Waals surface area contributed by atoms with E-state index in [2.05, 4.69) is 28.0 Å². The predicted molar refractivity (Wildman–Crippen MR) is 134 cm³/mol. The van der Waals surface area contributed by atoms with Crippen LogP contribution in [-0.2, 0) is 13.5 Å². The first kappa shape index (κ1) is 22.7. The minimum Gasteiger partial charge on any atom is -0.441 e. The first-order valence-electron chi connectivity index (χ1n) is 11.9. The highest BCUT2D eigenvalue weighted by atomic mass is 35.5. The van der Waals surface area contributed by atoms with Gasteiger partial charge in [0.05, 0.1) is 5.69 Å². The Hall–Kier alpha value is -3.12. The Morgan fingerprint density at radius 1 is 1.21 bits per heavy atom. The molecule has 34 heavy (non-hydrogen) atoms. The van der Waals surface area contributed by atoms with Gasteiger partial charge in [-0.2, -0.15) is 5.10 Å². The molecule has 0 bridgehead atoms. The van der Waals surface area contributed by atoms with Gasteiger partial charge in [-0.3, -0.25) is 9.48 Å². The van der Waals surface area contributed by atoms with E-state index in [1.165, 1.54) is 0 Å². The van der Waals surface area contributed by atoms with Crippen molar-refractivity contribution in [3.05, 3.63) is 70.7 Å². The van der Waals surface area contributed by atoms with E-state index in [4.69, 9.17) is 16.0 Å². The largest absolute Gasteiger partial charge is 0.441 e. The van der Waals surface area contributed by atoms with Crippen molar-refractivity contribution in [2.75, 3.05) is 6.54 Å². The predicted octanol–water partition coefficient (Wildman–Crippen LogP) is 6.06. The number of aromatic nitrogens is 3. The fourth-order valence-corrected chi connectivity index (χ4v) is 5.29. The third kappa shape index (κ3) is 4.34. The normalized spacial score (nSPS) is 18.5. The van der Waals surface area contributed by atoms with Gasteiger partial charge in [-0.05, 0) is 62.4 Å². The molecule has 3 heterocycles. The highest BCUT2D eigenvalue weighted by Crippen LogP contribution is 2.32. The molecule has 4 aromatic rings. The monoisotopic (exact) mass is 476 g/mol. The van der Waals surface area contributed by atoms with Crippen molar-refractivity contribution in [2.45, 2.75) is 45.6 Å². The lowest BCUT2D eigenvalue weighted by molar-refractivity contribution is 0.0497. The molecule has 2 aromatic carbocycles. The van der Waals surface area contributed by atoms with Crippen LogP contribution in [0.4, 0.5) is 0 Å². The van der Waals surface area contributed by atoms with Gasteiger partial charge in [0.2, 0.25) is 0 Å². The van der Waals surface area contributed by atoms with Crippen LogP contribution in [0, 0.1) is 12.8 Å². The summed E-state index contributed by atoms with van der Waals surface area (Å²) in [6.07, 6.45) is 5.37. The minimum absolute atomic E-state index is 0.0841. The third-order valence-electron chi connectivity index (χ3n) is 6.93. The average Bonchev–Trinajstić information content (AvgIpc) is 3.42. The van der Waals surface area contributed by atoms with Gasteiger partial charge in [0.15, 0.2) is 11.5 Å². The van der Waals surface area contributed by atoms with Gasteiger partial charge in [-0.15, -0.1) is 0 Å². The van der Waals surface area contributed by atoms with Gasteiger partial charge in [-0.25, -0.2) is 4.98 Å². The van der Waals surface area contributed by atoms with Gasteiger partial charge in [0.25, 0.3) is 5.91 Å². The second-order valence-corrected chi connectivity index (χ2v) is 9.77. The molecule has 7 heteroatoms. The number of benzene rings is 2. The average molecular weight is 477 g/mol. The fourth-order valence-electron chi connectivity index (χ4n) is 5.12. The number of likely N-dealkylation sites (tertiary alicyclic amines) is 1. The molecule has 6 nitrogen and oxygen atoms in total. The maximum atomic E-state index is 14.0. The third-order valence-corrected chi connectivity index (χ3v) is 7.16. The maximum absolute atomic E-state index is 14.0. The number of rotatable bonds is 5. The van der Waals surface area contributed by atoms with E-state index >= 15 is 0 Å². The van der Waals surface area contributed by atoms with Crippen molar-refractivity contribution in [1.29, 1.82) is 0 Å². The molecule has 0 saturated carbocycles. The number of amides is 1. The van der Waals surface area contributed by atoms with Crippen LogP contribution in [0.1, 0.15) is 48.0 Å². The fraction of sp³-hybridized carbons (Fsp3) is 0.370. The smallest absolute Gasteiger partial charge is 0.254 e. The summed E-state index contributed by atoms with van der Waals surface area (Å²) in [4.78, 5) is 20.7. The lowest BCUT2D eigenvalue weighted by Crippen LogP contribution is -2.48. The highest BCUT2D eigenvalue weighted by Gasteiger charge is 2.33. The molecule has 0 unspecified atom stereocenters. The second-order valence-electron chi connectivity index (χ2n) is 9.33. The highest BCUT2D eigenvalue weighted by molar-refractivity contribution is 6.31. The number of oxazole rings is 1. The number of aryl methyl sites for hydroxylation is 3. The summed E-state index contributed by atoms with van der Waals surface area (Å²) < 4.78 is 7.76. The Kier molecular flexibility index (Phi) is 6.17. The molecule has 0 N–H and O–H groups in total. The van der Waals surface area contributed by atoms with Crippen LogP contribution >= 0.6 is 11.6 Å². The Morgan fingerprint density at radius 3 is 2.85 bits per heavy atom. The van der Waals surface area contributed by atoms with Crippen LogP contribution in [0.2, 0.25) is 5.02 Å². The number of carbonyl (C=O) groups excluding carboxylic acids is 1. The van der Waals surface area contributed by atoms with Crippen molar-refractivity contribution in [3.8, 4) is 11.3 Å². The van der Waals surface area contributed by atoms with Gasteiger partial charge < -0.3 is 9.32 Å². The molecule has 1 saturated heterocycles. The molecular formula is C27H29ClN4O2. The number of carbonyl (C=O) groups is 1. The SMILES string of the molecule is Cc1ccc(-c2ccnn2C)c(C(=O)N2CCC[C@@H](C)[C@H]2CCc2nc3cc(Cl)ccc3o2)c1. The molecule has 1 aliphatic rings. The molecule has 1 fully saturated rings. The summed E-state index contributed by atoms with van der Waals surface area (Å²) in [5.74, 6) is 1.18. The topological polar surface area (TPSA) is 64.2 Å². The maximum Gasteiger partial charge on any atom is 0.254 e. The lowest BCUT2D eigenvalue weighted by atomic mass is 9.87. The molecule has 2 aromatic heterocycles. The zero-order chi connectivity index (χ0) is 23.8. The molecule has 5 rings (SSSR count). The van der Waals surface area contributed by atoms with E-state index in [0.717, 1.165) is 59.3 Å². The summed E-state index contributed by atoms with van der Waals surface area (Å²) in [6, 6.07) is 13.7. The van der Waals surface area contributed by atoms with Crippen molar-refractivity contribution in [3.63, 3.8) is 0 Å². The second kappa shape index (κ2) is 9.26. The van der Waals surface area contributed by atoms with Gasteiger partial charge in [0, 0.05) is 48.4 Å². The summed E-state index contributed by atoms with van der Waals surface area (Å²) >= 11 is 6.10. The molecule has 176 valence electrons. The summed E-state index contributed by atoms with van der Waals surface area (Å²) in [5.41, 5.74) is 5.18. The number of hydrogen-bond donors (Lipinski definition) is 0. The van der Waals surface area contributed by atoms with Gasteiger partial charge >= 0.3 is 0 Å². The van der Waals surface area contributed by atoms with Crippen LogP contribution in [0.25, 0.3) is 22.4 Å². The molecular weight excluding hydrogens is 448 g/mol. The number of halogens is 1. The van der Waals surface area contributed by atoms with Crippen molar-refractivity contribution >= 4 is 28.6 Å². The molecule has 0 spiro atoms. The van der Waals surface area contributed by atoms with Crippen molar-refractivity contribution < 1.29 is 9.21 Å².